The van der Waals surface area contributed by atoms with Gasteiger partial charge in [-0.1, -0.05) is 6.07 Å². The summed E-state index contributed by atoms with van der Waals surface area (Å²) in [4.78, 5) is 11.1. The van der Waals surface area contributed by atoms with Gasteiger partial charge < -0.3 is 5.11 Å². The predicted molar refractivity (Wildman–Crippen MR) is 72.6 cm³/mol. The van der Waals surface area contributed by atoms with Crippen molar-refractivity contribution >= 4 is 16.0 Å². The van der Waals surface area contributed by atoms with E-state index in [0.29, 0.717) is 5.56 Å². The lowest BCUT2D eigenvalue weighted by atomic mass is 10.1. The highest BCUT2D eigenvalue weighted by atomic mass is 32.2. The fourth-order valence-electron chi connectivity index (χ4n) is 1.53. The number of aryl methyl sites for hydroxylation is 1. The first-order valence-electron chi connectivity index (χ1n) is 5.78. The van der Waals surface area contributed by atoms with E-state index in [1.165, 1.54) is 39.1 Å². The van der Waals surface area contributed by atoms with Crippen LogP contribution in [0.5, 0.6) is 0 Å². The third-order valence-electron chi connectivity index (χ3n) is 3.27. The summed E-state index contributed by atoms with van der Waals surface area (Å²) in [5.74, 6) is -1.25. The van der Waals surface area contributed by atoms with E-state index in [1.54, 1.807) is 6.92 Å². The van der Waals surface area contributed by atoms with Crippen LogP contribution in [0.25, 0.3) is 0 Å². The summed E-state index contributed by atoms with van der Waals surface area (Å²) in [5.41, 5.74) is -0.929. The van der Waals surface area contributed by atoms with Crippen LogP contribution in [0, 0.1) is 18.3 Å². The second kappa shape index (κ2) is 5.23. The van der Waals surface area contributed by atoms with E-state index in [2.05, 4.69) is 0 Å². The van der Waals surface area contributed by atoms with Crippen LogP contribution in [0.3, 0.4) is 0 Å². The Morgan fingerprint density at radius 2 is 1.95 bits per heavy atom. The van der Waals surface area contributed by atoms with Gasteiger partial charge in [-0.15, -0.1) is 0 Å². The zero-order valence-corrected chi connectivity index (χ0v) is 12.5. The summed E-state index contributed by atoms with van der Waals surface area (Å²) in [5, 5.41) is 18.0. The molecule has 7 heteroatoms. The quantitative estimate of drug-likeness (QED) is 0.904. The van der Waals surface area contributed by atoms with Gasteiger partial charge in [-0.2, -0.15) is 9.57 Å². The number of likely N-dealkylation sites (N-methyl/N-ethyl adjacent to an activating group) is 1. The number of nitriles is 1. The predicted octanol–water partition coefficient (Wildman–Crippen LogP) is 1.35. The molecule has 1 rings (SSSR count). The molecule has 0 spiro atoms. The van der Waals surface area contributed by atoms with Crippen molar-refractivity contribution in [1.82, 2.24) is 4.31 Å². The molecule has 6 nitrogen and oxygen atoms in total. The van der Waals surface area contributed by atoms with Gasteiger partial charge in [0.15, 0.2) is 0 Å². The number of rotatable bonds is 4. The van der Waals surface area contributed by atoms with E-state index in [4.69, 9.17) is 10.4 Å². The van der Waals surface area contributed by atoms with E-state index in [-0.39, 0.29) is 10.5 Å². The minimum Gasteiger partial charge on any atom is -0.480 e. The molecule has 0 atom stereocenters. The molecule has 0 fully saturated rings. The van der Waals surface area contributed by atoms with Crippen LogP contribution < -0.4 is 0 Å². The molecule has 0 saturated carbocycles. The molecule has 20 heavy (non-hydrogen) atoms. The Kier molecular flexibility index (Phi) is 4.22. The number of carboxylic acids is 1. The largest absolute Gasteiger partial charge is 0.480 e. The van der Waals surface area contributed by atoms with Crippen molar-refractivity contribution in [1.29, 1.82) is 5.26 Å². The number of hydrogen-bond acceptors (Lipinski definition) is 4. The zero-order valence-electron chi connectivity index (χ0n) is 11.7. The van der Waals surface area contributed by atoms with Crippen molar-refractivity contribution in [2.24, 2.45) is 0 Å². The Labute approximate surface area is 118 Å². The lowest BCUT2D eigenvalue weighted by Crippen LogP contribution is -2.50. The molecule has 0 amide bonds. The fourth-order valence-corrected chi connectivity index (χ4v) is 3.26. The van der Waals surface area contributed by atoms with Gasteiger partial charge in [0.05, 0.1) is 16.5 Å². The van der Waals surface area contributed by atoms with Crippen LogP contribution in [0.4, 0.5) is 0 Å². The normalized spacial score (nSPS) is 12.2. The Morgan fingerprint density at radius 1 is 1.40 bits per heavy atom. The standard InChI is InChI=1S/C13H16N2O4S/c1-9-5-6-10(8-14)7-11(9)20(18,19)15(4)13(2,3)12(16)17/h5-7H,1-4H3,(H,16,17). The van der Waals surface area contributed by atoms with Crippen LogP contribution in [0.1, 0.15) is 25.0 Å². The number of carboxylic acid groups (broad SMARTS) is 1. The molecular formula is C13H16N2O4S. The van der Waals surface area contributed by atoms with Crippen molar-refractivity contribution < 1.29 is 18.3 Å². The second-order valence-corrected chi connectivity index (χ2v) is 6.87. The van der Waals surface area contributed by atoms with Crippen molar-refractivity contribution in [2.45, 2.75) is 31.2 Å². The molecule has 1 aromatic carbocycles. The minimum absolute atomic E-state index is 0.0617. The van der Waals surface area contributed by atoms with Gasteiger partial charge in [0.2, 0.25) is 10.0 Å². The first-order valence-corrected chi connectivity index (χ1v) is 7.22. The van der Waals surface area contributed by atoms with Gasteiger partial charge in [0.25, 0.3) is 0 Å². The smallest absolute Gasteiger partial charge is 0.324 e. The fraction of sp³-hybridized carbons (Fsp3) is 0.385. The third-order valence-corrected chi connectivity index (χ3v) is 5.44. The third kappa shape index (κ3) is 2.66. The molecule has 0 aliphatic heterocycles. The SMILES string of the molecule is Cc1ccc(C#N)cc1S(=O)(=O)N(C)C(C)(C)C(=O)O. The Balaban J connectivity index is 3.46. The number of benzene rings is 1. The molecule has 1 aromatic rings. The molecule has 1 N–H and O–H groups in total. The summed E-state index contributed by atoms with van der Waals surface area (Å²) in [7, 11) is -2.79. The average Bonchev–Trinajstić information content (AvgIpc) is 2.37. The Hall–Kier alpha value is -1.91. The van der Waals surface area contributed by atoms with E-state index in [1.807, 2.05) is 6.07 Å². The van der Waals surface area contributed by atoms with Crippen molar-refractivity contribution in [3.05, 3.63) is 29.3 Å². The summed E-state index contributed by atoms with van der Waals surface area (Å²) < 4.78 is 25.8. The molecule has 108 valence electrons. The van der Waals surface area contributed by atoms with E-state index in [9.17, 15) is 13.2 Å². The maximum Gasteiger partial charge on any atom is 0.324 e. The van der Waals surface area contributed by atoms with Crippen LogP contribution in [-0.2, 0) is 14.8 Å². The second-order valence-electron chi connectivity index (χ2n) is 4.93. The molecule has 0 aliphatic carbocycles. The molecular weight excluding hydrogens is 280 g/mol. The van der Waals surface area contributed by atoms with Crippen LogP contribution in [-0.4, -0.2) is 36.4 Å². The van der Waals surface area contributed by atoms with Gasteiger partial charge in [-0.3, -0.25) is 4.79 Å². The number of nitrogens with zero attached hydrogens (tertiary/aromatic N) is 2. The lowest BCUT2D eigenvalue weighted by Gasteiger charge is -2.31. The van der Waals surface area contributed by atoms with Crippen LogP contribution in [0.15, 0.2) is 23.1 Å². The first-order chi connectivity index (χ1) is 9.05. The number of carbonyl (C=O) groups is 1. The molecule has 0 saturated heterocycles. The molecule has 0 heterocycles. The van der Waals surface area contributed by atoms with Gasteiger partial charge in [0, 0.05) is 7.05 Å². The molecule has 0 aliphatic rings. The highest BCUT2D eigenvalue weighted by Crippen LogP contribution is 2.26. The average molecular weight is 296 g/mol. The van der Waals surface area contributed by atoms with Crippen molar-refractivity contribution in [2.75, 3.05) is 7.05 Å². The summed E-state index contributed by atoms with van der Waals surface area (Å²) >= 11 is 0. The first kappa shape index (κ1) is 16.1. The van der Waals surface area contributed by atoms with E-state index < -0.39 is 21.5 Å². The van der Waals surface area contributed by atoms with Gasteiger partial charge in [-0.25, -0.2) is 8.42 Å². The van der Waals surface area contributed by atoms with Crippen LogP contribution >= 0.6 is 0 Å². The highest BCUT2D eigenvalue weighted by Gasteiger charge is 2.40. The molecule has 0 unspecified atom stereocenters. The summed E-state index contributed by atoms with van der Waals surface area (Å²) in [6, 6.07) is 6.15. The van der Waals surface area contributed by atoms with Crippen molar-refractivity contribution in [3.8, 4) is 6.07 Å². The number of aliphatic carboxylic acids is 1. The topological polar surface area (TPSA) is 98.5 Å². The van der Waals surface area contributed by atoms with Crippen molar-refractivity contribution in [3.63, 3.8) is 0 Å². The maximum atomic E-state index is 12.5. The summed E-state index contributed by atoms with van der Waals surface area (Å²) in [6.07, 6.45) is 0. The number of hydrogen-bond donors (Lipinski definition) is 1. The Bertz CT molecular complexity index is 687. The Morgan fingerprint density at radius 3 is 2.40 bits per heavy atom. The molecule has 0 aromatic heterocycles. The minimum atomic E-state index is -4.00. The number of sulfonamides is 1. The lowest BCUT2D eigenvalue weighted by molar-refractivity contribution is -0.145. The van der Waals surface area contributed by atoms with E-state index >= 15 is 0 Å². The summed E-state index contributed by atoms with van der Waals surface area (Å²) in [6.45, 7) is 4.20. The van der Waals surface area contributed by atoms with Gasteiger partial charge >= 0.3 is 5.97 Å². The highest BCUT2D eigenvalue weighted by molar-refractivity contribution is 7.89. The molecule has 0 bridgehead atoms. The molecule has 0 radical (unpaired) electrons. The van der Waals surface area contributed by atoms with E-state index in [0.717, 1.165) is 4.31 Å². The maximum absolute atomic E-state index is 12.5. The zero-order chi connectivity index (χ0) is 15.7. The monoisotopic (exact) mass is 296 g/mol. The van der Waals surface area contributed by atoms with Gasteiger partial charge in [-0.05, 0) is 38.5 Å². The van der Waals surface area contributed by atoms with Crippen LogP contribution in [0.2, 0.25) is 0 Å². The van der Waals surface area contributed by atoms with Gasteiger partial charge in [0.1, 0.15) is 5.54 Å².